The average molecular weight is 266 g/mol. The Bertz CT molecular complexity index is 431. The summed E-state index contributed by atoms with van der Waals surface area (Å²) in [6.07, 6.45) is 1.48. The number of benzene rings is 1. The second-order valence-corrected chi connectivity index (χ2v) is 5.20. The summed E-state index contributed by atoms with van der Waals surface area (Å²) in [5.74, 6) is -0.326. The van der Waals surface area contributed by atoms with Crippen LogP contribution >= 0.6 is 0 Å². The topological polar surface area (TPSA) is 12.9 Å². The van der Waals surface area contributed by atoms with E-state index in [4.69, 9.17) is 0 Å². The molecule has 0 saturated carbocycles. The van der Waals surface area contributed by atoms with E-state index in [2.05, 4.69) is 17.1 Å². The van der Waals surface area contributed by atoms with E-state index in [-0.39, 0.29) is 20.9 Å². The third-order valence-electron chi connectivity index (χ3n) is 1.96. The molecule has 2 aromatic rings. The zero-order valence-electron chi connectivity index (χ0n) is 8.06. The van der Waals surface area contributed by atoms with Crippen molar-refractivity contribution in [3.8, 4) is 0 Å². The Balaban J connectivity index is 2.03. The molecule has 1 aromatic heterocycles. The summed E-state index contributed by atoms with van der Waals surface area (Å²) in [7, 11) is 0. The Kier molecular flexibility index (Phi) is 3.49. The molecule has 0 atom stereocenters. The molecular formula is C12H10FNSe. The van der Waals surface area contributed by atoms with Crippen molar-refractivity contribution in [2.24, 2.45) is 0 Å². The number of pyridine rings is 1. The predicted octanol–water partition coefficient (Wildman–Crippen LogP) is 1.75. The first-order valence-corrected chi connectivity index (χ1v) is 6.70. The third-order valence-corrected chi connectivity index (χ3v) is 4.26. The summed E-state index contributed by atoms with van der Waals surface area (Å²) in [6.45, 7) is 0. The summed E-state index contributed by atoms with van der Waals surface area (Å²) in [5, 5.41) is 0.913. The third kappa shape index (κ3) is 2.88. The van der Waals surface area contributed by atoms with E-state index in [0.717, 1.165) is 9.78 Å². The van der Waals surface area contributed by atoms with Crippen LogP contribution in [0.15, 0.2) is 48.7 Å². The van der Waals surface area contributed by atoms with Crippen molar-refractivity contribution in [3.05, 3.63) is 60.2 Å². The van der Waals surface area contributed by atoms with Gasteiger partial charge < -0.3 is 0 Å². The van der Waals surface area contributed by atoms with Gasteiger partial charge in [-0.05, 0) is 0 Å². The van der Waals surface area contributed by atoms with Gasteiger partial charge >= 0.3 is 94.3 Å². The van der Waals surface area contributed by atoms with Crippen molar-refractivity contribution in [3.63, 3.8) is 0 Å². The number of aromatic nitrogens is 1. The zero-order valence-corrected chi connectivity index (χ0v) is 9.77. The molecule has 2 rings (SSSR count). The van der Waals surface area contributed by atoms with Gasteiger partial charge in [-0.1, -0.05) is 0 Å². The van der Waals surface area contributed by atoms with Crippen LogP contribution in [0, 0.1) is 5.95 Å². The van der Waals surface area contributed by atoms with E-state index < -0.39 is 0 Å². The van der Waals surface area contributed by atoms with Gasteiger partial charge in [0.05, 0.1) is 0 Å². The Morgan fingerprint density at radius 3 is 2.60 bits per heavy atom. The van der Waals surface area contributed by atoms with Crippen LogP contribution in [0.5, 0.6) is 0 Å². The molecule has 0 amide bonds. The van der Waals surface area contributed by atoms with E-state index in [1.54, 1.807) is 6.07 Å². The molecule has 1 heterocycles. The van der Waals surface area contributed by atoms with Gasteiger partial charge in [0.15, 0.2) is 0 Å². The molecule has 0 spiro atoms. The number of hydrogen-bond acceptors (Lipinski definition) is 1. The molecular weight excluding hydrogens is 256 g/mol. The maximum atomic E-state index is 13.2. The quantitative estimate of drug-likeness (QED) is 0.609. The van der Waals surface area contributed by atoms with E-state index in [1.165, 1.54) is 11.8 Å². The van der Waals surface area contributed by atoms with E-state index in [0.29, 0.717) is 0 Å². The van der Waals surface area contributed by atoms with Crippen LogP contribution in [-0.2, 0) is 5.32 Å². The van der Waals surface area contributed by atoms with Gasteiger partial charge in [0.25, 0.3) is 0 Å². The van der Waals surface area contributed by atoms with Crippen LogP contribution in [0.4, 0.5) is 4.39 Å². The van der Waals surface area contributed by atoms with Gasteiger partial charge in [0.2, 0.25) is 0 Å². The molecule has 0 unspecified atom stereocenters. The molecule has 0 aliphatic rings. The average Bonchev–Trinajstić information content (AvgIpc) is 2.29. The van der Waals surface area contributed by atoms with Crippen LogP contribution in [0.3, 0.4) is 0 Å². The van der Waals surface area contributed by atoms with Crippen LogP contribution in [-0.4, -0.2) is 19.9 Å². The molecule has 1 nitrogen and oxygen atoms in total. The molecule has 0 bridgehead atoms. The first-order valence-electron chi connectivity index (χ1n) is 4.63. The van der Waals surface area contributed by atoms with Crippen LogP contribution in [0.2, 0.25) is 0 Å². The van der Waals surface area contributed by atoms with Crippen LogP contribution < -0.4 is 4.46 Å². The maximum absolute atomic E-state index is 13.2. The predicted molar refractivity (Wildman–Crippen MR) is 59.7 cm³/mol. The fourth-order valence-electron chi connectivity index (χ4n) is 1.21. The van der Waals surface area contributed by atoms with Gasteiger partial charge in [-0.25, -0.2) is 0 Å². The van der Waals surface area contributed by atoms with E-state index in [9.17, 15) is 4.39 Å². The van der Waals surface area contributed by atoms with Crippen molar-refractivity contribution in [1.29, 1.82) is 0 Å². The number of halogens is 1. The Labute approximate surface area is 94.5 Å². The summed E-state index contributed by atoms with van der Waals surface area (Å²) in [6, 6.07) is 13.7. The fraction of sp³-hybridized carbons (Fsp3) is 0.0833. The van der Waals surface area contributed by atoms with Crippen molar-refractivity contribution < 1.29 is 4.39 Å². The normalized spacial score (nSPS) is 10.2. The SMILES string of the molecule is Fc1ncccc1[Se]Cc1ccccc1. The second-order valence-electron chi connectivity index (χ2n) is 3.07. The van der Waals surface area contributed by atoms with Gasteiger partial charge in [-0.2, -0.15) is 0 Å². The minimum absolute atomic E-state index is 0.125. The summed E-state index contributed by atoms with van der Waals surface area (Å²) in [5.41, 5.74) is 1.25. The number of hydrogen-bond donors (Lipinski definition) is 0. The molecule has 0 N–H and O–H groups in total. The van der Waals surface area contributed by atoms with Gasteiger partial charge in [-0.15, -0.1) is 0 Å². The Morgan fingerprint density at radius 1 is 1.07 bits per heavy atom. The number of nitrogens with zero attached hydrogens (tertiary/aromatic N) is 1. The second kappa shape index (κ2) is 5.06. The summed E-state index contributed by atoms with van der Waals surface area (Å²) < 4.78 is 13.9. The Hall–Kier alpha value is -1.18. The minimum atomic E-state index is -0.326. The molecule has 0 aliphatic carbocycles. The van der Waals surface area contributed by atoms with Gasteiger partial charge in [0.1, 0.15) is 0 Å². The monoisotopic (exact) mass is 267 g/mol. The summed E-state index contributed by atoms with van der Waals surface area (Å²) >= 11 is 0.125. The first kappa shape index (κ1) is 10.3. The first-order chi connectivity index (χ1) is 7.36. The molecule has 15 heavy (non-hydrogen) atoms. The van der Waals surface area contributed by atoms with Crippen molar-refractivity contribution in [1.82, 2.24) is 4.98 Å². The van der Waals surface area contributed by atoms with Crippen LogP contribution in [0.1, 0.15) is 5.56 Å². The van der Waals surface area contributed by atoms with Crippen molar-refractivity contribution >= 4 is 19.4 Å². The molecule has 3 heteroatoms. The zero-order chi connectivity index (χ0) is 10.5. The molecule has 0 radical (unpaired) electrons. The van der Waals surface area contributed by atoms with E-state index >= 15 is 0 Å². The standard InChI is InChI=1S/C12H10FNSe/c13-12-11(7-4-8-14-12)15-9-10-5-2-1-3-6-10/h1-8H,9H2. The molecule has 1 aromatic carbocycles. The van der Waals surface area contributed by atoms with Crippen LogP contribution in [0.25, 0.3) is 0 Å². The molecule has 0 fully saturated rings. The van der Waals surface area contributed by atoms with Crippen molar-refractivity contribution in [2.45, 2.75) is 5.32 Å². The van der Waals surface area contributed by atoms with E-state index in [1.807, 2.05) is 24.3 Å². The molecule has 76 valence electrons. The summed E-state index contributed by atoms with van der Waals surface area (Å²) in [4.78, 5) is 3.64. The molecule has 0 saturated heterocycles. The number of rotatable bonds is 3. The van der Waals surface area contributed by atoms with Crippen molar-refractivity contribution in [2.75, 3.05) is 0 Å². The van der Waals surface area contributed by atoms with Gasteiger partial charge in [0, 0.05) is 0 Å². The molecule has 0 aliphatic heterocycles. The van der Waals surface area contributed by atoms with Gasteiger partial charge in [-0.3, -0.25) is 0 Å². The fourth-order valence-corrected chi connectivity index (χ4v) is 3.02. The Morgan fingerprint density at radius 2 is 1.87 bits per heavy atom.